The Kier molecular flexibility index (Phi) is 10.4. The standard InChI is InChI=1S/C20H31NO4/c1-4-6-7-8-14-21(15-13-20(23)24-3)19(22)16-25-18-11-9-17(5-2)10-12-18/h9-12H,4-8,13-16H2,1-3H3. The van der Waals surface area contributed by atoms with E-state index in [1.807, 2.05) is 24.3 Å². The Morgan fingerprint density at radius 1 is 1.00 bits per heavy atom. The molecule has 0 heterocycles. The number of rotatable bonds is 12. The number of hydrogen-bond acceptors (Lipinski definition) is 4. The fraction of sp³-hybridized carbons (Fsp3) is 0.600. The number of carbonyl (C=O) groups is 2. The maximum absolute atomic E-state index is 12.5. The average Bonchev–Trinajstić information content (AvgIpc) is 2.65. The molecular formula is C20H31NO4. The van der Waals surface area contributed by atoms with Crippen LogP contribution in [0.15, 0.2) is 24.3 Å². The van der Waals surface area contributed by atoms with Crippen molar-refractivity contribution in [3.63, 3.8) is 0 Å². The van der Waals surface area contributed by atoms with E-state index in [-0.39, 0.29) is 24.9 Å². The highest BCUT2D eigenvalue weighted by molar-refractivity contribution is 5.78. The van der Waals surface area contributed by atoms with Crippen LogP contribution in [-0.4, -0.2) is 43.6 Å². The lowest BCUT2D eigenvalue weighted by molar-refractivity contribution is -0.142. The minimum absolute atomic E-state index is 0.0135. The summed E-state index contributed by atoms with van der Waals surface area (Å²) in [4.78, 5) is 25.5. The molecule has 1 rings (SSSR count). The molecule has 0 aliphatic heterocycles. The Morgan fingerprint density at radius 2 is 1.72 bits per heavy atom. The molecule has 0 saturated heterocycles. The van der Waals surface area contributed by atoms with Gasteiger partial charge in [-0.05, 0) is 30.5 Å². The molecule has 5 heteroatoms. The molecule has 0 bridgehead atoms. The van der Waals surface area contributed by atoms with Crippen LogP contribution in [0.4, 0.5) is 0 Å². The van der Waals surface area contributed by atoms with Gasteiger partial charge in [-0.2, -0.15) is 0 Å². The van der Waals surface area contributed by atoms with Crippen LogP contribution in [0.3, 0.4) is 0 Å². The van der Waals surface area contributed by atoms with Gasteiger partial charge >= 0.3 is 5.97 Å². The van der Waals surface area contributed by atoms with Gasteiger partial charge in [0.15, 0.2) is 6.61 Å². The van der Waals surface area contributed by atoms with Gasteiger partial charge in [0.05, 0.1) is 13.5 Å². The molecule has 1 aromatic rings. The predicted octanol–water partition coefficient (Wildman–Crippen LogP) is 3.60. The lowest BCUT2D eigenvalue weighted by Gasteiger charge is -2.22. The molecule has 0 saturated carbocycles. The van der Waals surface area contributed by atoms with Gasteiger partial charge in [0.25, 0.3) is 5.91 Å². The van der Waals surface area contributed by atoms with E-state index in [1.165, 1.54) is 12.7 Å². The highest BCUT2D eigenvalue weighted by Crippen LogP contribution is 2.13. The molecule has 0 aliphatic rings. The second-order valence-corrected chi connectivity index (χ2v) is 6.05. The minimum atomic E-state index is -0.303. The Morgan fingerprint density at radius 3 is 2.32 bits per heavy atom. The van der Waals surface area contributed by atoms with E-state index in [4.69, 9.17) is 4.74 Å². The largest absolute Gasteiger partial charge is 0.484 e. The van der Waals surface area contributed by atoms with E-state index >= 15 is 0 Å². The molecule has 0 atom stereocenters. The number of hydrogen-bond donors (Lipinski definition) is 0. The maximum atomic E-state index is 12.5. The number of aryl methyl sites for hydroxylation is 1. The number of unbranched alkanes of at least 4 members (excludes halogenated alkanes) is 3. The summed E-state index contributed by atoms with van der Waals surface area (Å²) in [5.74, 6) is 0.284. The van der Waals surface area contributed by atoms with Crippen LogP contribution in [0.1, 0.15) is 51.5 Å². The fourth-order valence-electron chi connectivity index (χ4n) is 2.48. The van der Waals surface area contributed by atoms with Crippen molar-refractivity contribution in [3.8, 4) is 5.75 Å². The number of esters is 1. The van der Waals surface area contributed by atoms with Crippen LogP contribution in [0.5, 0.6) is 5.75 Å². The van der Waals surface area contributed by atoms with Gasteiger partial charge < -0.3 is 14.4 Å². The van der Waals surface area contributed by atoms with Crippen molar-refractivity contribution in [2.45, 2.75) is 52.4 Å². The van der Waals surface area contributed by atoms with Crippen molar-refractivity contribution in [2.24, 2.45) is 0 Å². The summed E-state index contributed by atoms with van der Waals surface area (Å²) in [5.41, 5.74) is 1.23. The lowest BCUT2D eigenvalue weighted by Crippen LogP contribution is -2.37. The summed E-state index contributed by atoms with van der Waals surface area (Å²) in [6, 6.07) is 7.76. The first kappa shape index (κ1) is 21.0. The molecule has 1 aromatic carbocycles. The van der Waals surface area contributed by atoms with Crippen molar-refractivity contribution in [1.82, 2.24) is 4.90 Å². The zero-order valence-corrected chi connectivity index (χ0v) is 15.8. The summed E-state index contributed by atoms with van der Waals surface area (Å²) in [6.07, 6.45) is 5.50. The van der Waals surface area contributed by atoms with Gasteiger partial charge in [-0.15, -0.1) is 0 Å². The highest BCUT2D eigenvalue weighted by atomic mass is 16.5. The van der Waals surface area contributed by atoms with Crippen molar-refractivity contribution >= 4 is 11.9 Å². The molecule has 0 N–H and O–H groups in total. The van der Waals surface area contributed by atoms with Crippen LogP contribution in [0, 0.1) is 0 Å². The predicted molar refractivity (Wildman–Crippen MR) is 98.7 cm³/mol. The fourth-order valence-corrected chi connectivity index (χ4v) is 2.48. The molecular weight excluding hydrogens is 318 g/mol. The molecule has 0 spiro atoms. The van der Waals surface area contributed by atoms with Gasteiger partial charge in [-0.1, -0.05) is 45.2 Å². The molecule has 5 nitrogen and oxygen atoms in total. The highest BCUT2D eigenvalue weighted by Gasteiger charge is 2.15. The van der Waals surface area contributed by atoms with Crippen molar-refractivity contribution in [3.05, 3.63) is 29.8 Å². The van der Waals surface area contributed by atoms with E-state index in [1.54, 1.807) is 4.90 Å². The normalized spacial score (nSPS) is 10.4. The van der Waals surface area contributed by atoms with Crippen LogP contribution in [0.25, 0.3) is 0 Å². The summed E-state index contributed by atoms with van der Waals surface area (Å²) < 4.78 is 10.3. The van der Waals surface area contributed by atoms with Crippen LogP contribution in [-0.2, 0) is 20.7 Å². The molecule has 0 unspecified atom stereocenters. The molecule has 25 heavy (non-hydrogen) atoms. The van der Waals surface area contributed by atoms with Gasteiger partial charge in [-0.25, -0.2) is 0 Å². The zero-order valence-electron chi connectivity index (χ0n) is 15.8. The first-order valence-corrected chi connectivity index (χ1v) is 9.17. The number of carbonyl (C=O) groups excluding carboxylic acids is 2. The first-order valence-electron chi connectivity index (χ1n) is 9.17. The smallest absolute Gasteiger partial charge is 0.307 e. The van der Waals surface area contributed by atoms with Gasteiger partial charge in [0, 0.05) is 13.1 Å². The van der Waals surface area contributed by atoms with E-state index in [2.05, 4.69) is 18.6 Å². The monoisotopic (exact) mass is 349 g/mol. The van der Waals surface area contributed by atoms with Gasteiger partial charge in [0.1, 0.15) is 5.75 Å². The van der Waals surface area contributed by atoms with Crippen LogP contribution in [0.2, 0.25) is 0 Å². The van der Waals surface area contributed by atoms with E-state index in [0.717, 1.165) is 32.1 Å². The summed E-state index contributed by atoms with van der Waals surface area (Å²) in [6.45, 7) is 5.25. The molecule has 0 aliphatic carbocycles. The number of nitrogens with zero attached hydrogens (tertiary/aromatic N) is 1. The minimum Gasteiger partial charge on any atom is -0.484 e. The molecule has 0 radical (unpaired) electrons. The molecule has 0 fully saturated rings. The Balaban J connectivity index is 2.51. The molecule has 0 aromatic heterocycles. The van der Waals surface area contributed by atoms with Gasteiger partial charge in [0.2, 0.25) is 0 Å². The van der Waals surface area contributed by atoms with Crippen molar-refractivity contribution < 1.29 is 19.1 Å². The lowest BCUT2D eigenvalue weighted by atomic mass is 10.2. The Hall–Kier alpha value is -2.04. The summed E-state index contributed by atoms with van der Waals surface area (Å²) >= 11 is 0. The van der Waals surface area contributed by atoms with E-state index in [0.29, 0.717) is 18.8 Å². The average molecular weight is 349 g/mol. The van der Waals surface area contributed by atoms with E-state index < -0.39 is 0 Å². The zero-order chi connectivity index (χ0) is 18.5. The number of benzene rings is 1. The molecule has 140 valence electrons. The SMILES string of the molecule is CCCCCCN(CCC(=O)OC)C(=O)COc1ccc(CC)cc1. The summed E-state index contributed by atoms with van der Waals surface area (Å²) in [7, 11) is 1.36. The molecule has 1 amide bonds. The van der Waals surface area contributed by atoms with Crippen LogP contribution < -0.4 is 4.74 Å². The second kappa shape index (κ2) is 12.3. The number of amides is 1. The van der Waals surface area contributed by atoms with Crippen molar-refractivity contribution in [1.29, 1.82) is 0 Å². The Bertz CT molecular complexity index is 513. The first-order chi connectivity index (χ1) is 12.1. The van der Waals surface area contributed by atoms with Crippen LogP contribution >= 0.6 is 0 Å². The number of methoxy groups -OCH3 is 1. The van der Waals surface area contributed by atoms with Crippen molar-refractivity contribution in [2.75, 3.05) is 26.8 Å². The van der Waals surface area contributed by atoms with E-state index in [9.17, 15) is 9.59 Å². The number of ether oxygens (including phenoxy) is 2. The van der Waals surface area contributed by atoms with Gasteiger partial charge in [-0.3, -0.25) is 9.59 Å². The third kappa shape index (κ3) is 8.57. The summed E-state index contributed by atoms with van der Waals surface area (Å²) in [5, 5.41) is 0. The second-order valence-electron chi connectivity index (χ2n) is 6.05. The quantitative estimate of drug-likeness (QED) is 0.427. The topological polar surface area (TPSA) is 55.8 Å². The Labute approximate surface area is 151 Å². The third-order valence-electron chi connectivity index (χ3n) is 4.14. The third-order valence-corrected chi connectivity index (χ3v) is 4.14. The maximum Gasteiger partial charge on any atom is 0.307 e.